The summed E-state index contributed by atoms with van der Waals surface area (Å²) in [6.45, 7) is 2.50. The highest BCUT2D eigenvalue weighted by Crippen LogP contribution is 2.33. The molecule has 0 aromatic heterocycles. The molecule has 2 atom stereocenters. The van der Waals surface area contributed by atoms with Crippen LogP contribution in [-0.4, -0.2) is 37.1 Å². The maximum atomic E-state index is 3.28. The highest BCUT2D eigenvalue weighted by molar-refractivity contribution is 4.89. The second-order valence-electron chi connectivity index (χ2n) is 5.29. The Morgan fingerprint density at radius 2 is 1.40 bits per heavy atom. The predicted octanol–water partition coefficient (Wildman–Crippen LogP) is 2.39. The van der Waals surface area contributed by atoms with E-state index in [0.29, 0.717) is 0 Å². The lowest BCUT2D eigenvalue weighted by atomic mass is 10.0. The van der Waals surface area contributed by atoms with Gasteiger partial charge in [0.25, 0.3) is 0 Å². The number of rotatable bonds is 0. The summed E-state index contributed by atoms with van der Waals surface area (Å²) in [5, 5.41) is 3.28. The molecule has 3 fully saturated rings. The third-order valence-electron chi connectivity index (χ3n) is 4.27. The van der Waals surface area contributed by atoms with Crippen LogP contribution in [-0.2, 0) is 0 Å². The fraction of sp³-hybridized carbons (Fsp3) is 1.00. The molecular weight excluding hydrogens is 184 g/mol. The molecule has 2 heteroatoms. The predicted molar refractivity (Wildman–Crippen MR) is 65.1 cm³/mol. The van der Waals surface area contributed by atoms with E-state index in [9.17, 15) is 0 Å². The van der Waals surface area contributed by atoms with Gasteiger partial charge in [-0.3, -0.25) is 0 Å². The van der Waals surface area contributed by atoms with Crippen LogP contribution in [0, 0.1) is 0 Å². The van der Waals surface area contributed by atoms with Crippen molar-refractivity contribution in [3.8, 4) is 0 Å². The Hall–Kier alpha value is -0.0800. The molecule has 3 heterocycles. The van der Waals surface area contributed by atoms with Crippen molar-refractivity contribution >= 4 is 0 Å². The number of nitrogens with one attached hydrogen (secondary N) is 1. The normalized spacial score (nSPS) is 35.8. The maximum Gasteiger partial charge on any atom is 0.00957 e. The monoisotopic (exact) mass is 210 g/mol. The third kappa shape index (κ3) is 3.18. The van der Waals surface area contributed by atoms with Crippen molar-refractivity contribution in [1.29, 1.82) is 0 Å². The highest BCUT2D eigenvalue weighted by Gasteiger charge is 2.33. The van der Waals surface area contributed by atoms with Gasteiger partial charge in [0, 0.05) is 12.1 Å². The number of hydrogen-bond donors (Lipinski definition) is 1. The molecule has 0 aliphatic carbocycles. The van der Waals surface area contributed by atoms with Crippen molar-refractivity contribution in [3.63, 3.8) is 0 Å². The van der Waals surface area contributed by atoms with Crippen LogP contribution < -0.4 is 5.32 Å². The Morgan fingerprint density at radius 1 is 0.800 bits per heavy atom. The van der Waals surface area contributed by atoms with E-state index in [1.165, 1.54) is 64.5 Å². The summed E-state index contributed by atoms with van der Waals surface area (Å²) in [5.74, 6) is 0. The third-order valence-corrected chi connectivity index (χ3v) is 4.27. The van der Waals surface area contributed by atoms with Gasteiger partial charge in [-0.05, 0) is 58.7 Å². The molecule has 15 heavy (non-hydrogen) atoms. The average molecular weight is 210 g/mol. The van der Waals surface area contributed by atoms with Crippen LogP contribution in [0.15, 0.2) is 0 Å². The van der Waals surface area contributed by atoms with Gasteiger partial charge in [-0.25, -0.2) is 0 Å². The summed E-state index contributed by atoms with van der Waals surface area (Å²) in [5.41, 5.74) is 0. The van der Waals surface area contributed by atoms with Crippen LogP contribution in [0.1, 0.15) is 51.4 Å². The van der Waals surface area contributed by atoms with Crippen molar-refractivity contribution in [3.05, 3.63) is 0 Å². The lowest BCUT2D eigenvalue weighted by Crippen LogP contribution is -2.35. The van der Waals surface area contributed by atoms with E-state index in [2.05, 4.69) is 17.3 Å². The first-order valence-electron chi connectivity index (χ1n) is 6.80. The van der Waals surface area contributed by atoms with Crippen molar-refractivity contribution in [1.82, 2.24) is 10.2 Å². The Bertz CT molecular complexity index is 150. The Kier molecular flexibility index (Phi) is 4.45. The largest absolute Gasteiger partial charge is 0.317 e. The molecule has 88 valence electrons. The van der Waals surface area contributed by atoms with Crippen molar-refractivity contribution in [2.24, 2.45) is 0 Å². The fourth-order valence-electron chi connectivity index (χ4n) is 3.18. The van der Waals surface area contributed by atoms with E-state index in [1.807, 2.05) is 0 Å². The van der Waals surface area contributed by atoms with Gasteiger partial charge >= 0.3 is 0 Å². The molecule has 0 radical (unpaired) electrons. The zero-order valence-corrected chi connectivity index (χ0v) is 10.2. The Balaban J connectivity index is 0.000000124. The summed E-state index contributed by atoms with van der Waals surface area (Å²) in [4.78, 5) is 2.59. The molecular formula is C13H26N2. The summed E-state index contributed by atoms with van der Waals surface area (Å²) in [6, 6.07) is 1.92. The molecule has 0 aromatic carbocycles. The molecule has 1 N–H and O–H groups in total. The van der Waals surface area contributed by atoms with Crippen LogP contribution in [0.3, 0.4) is 0 Å². The van der Waals surface area contributed by atoms with Crippen molar-refractivity contribution in [2.45, 2.75) is 63.5 Å². The molecule has 3 aliphatic rings. The minimum absolute atomic E-state index is 0.962. The topological polar surface area (TPSA) is 15.3 Å². The number of fused-ring (bicyclic) bond motifs is 2. The van der Waals surface area contributed by atoms with Gasteiger partial charge < -0.3 is 10.2 Å². The molecule has 3 saturated heterocycles. The fourth-order valence-corrected chi connectivity index (χ4v) is 3.18. The van der Waals surface area contributed by atoms with E-state index in [-0.39, 0.29) is 0 Å². The van der Waals surface area contributed by atoms with Crippen molar-refractivity contribution < 1.29 is 0 Å². The van der Waals surface area contributed by atoms with Gasteiger partial charge in [0.1, 0.15) is 0 Å². The first-order chi connectivity index (χ1) is 7.38. The van der Waals surface area contributed by atoms with E-state index in [1.54, 1.807) is 0 Å². The molecule has 0 saturated carbocycles. The van der Waals surface area contributed by atoms with Gasteiger partial charge in [0.15, 0.2) is 0 Å². The Morgan fingerprint density at radius 3 is 1.73 bits per heavy atom. The van der Waals surface area contributed by atoms with Crippen molar-refractivity contribution in [2.75, 3.05) is 20.1 Å². The molecule has 0 aromatic rings. The highest BCUT2D eigenvalue weighted by atomic mass is 15.2. The second-order valence-corrected chi connectivity index (χ2v) is 5.29. The minimum Gasteiger partial charge on any atom is -0.317 e. The first-order valence-corrected chi connectivity index (χ1v) is 6.80. The average Bonchev–Trinajstić information content (AvgIpc) is 2.56. The van der Waals surface area contributed by atoms with Crippen LogP contribution in [0.5, 0.6) is 0 Å². The first kappa shape index (κ1) is 11.4. The molecule has 0 spiro atoms. The molecule has 3 rings (SSSR count). The van der Waals surface area contributed by atoms with E-state index in [0.717, 1.165) is 12.1 Å². The standard InChI is InChI=1S/C8H15N.C5H11N/c1-9-7-3-2-4-8(9)6-5-7;1-2-4-6-5-3-1/h7-8H,2-6H2,1H3;6H,1-5H2/t7-,8+;. The number of hydrogen-bond acceptors (Lipinski definition) is 2. The number of nitrogens with zero attached hydrogens (tertiary/aromatic N) is 1. The quantitative estimate of drug-likeness (QED) is 0.660. The van der Waals surface area contributed by atoms with Gasteiger partial charge in [-0.2, -0.15) is 0 Å². The van der Waals surface area contributed by atoms with Crippen LogP contribution >= 0.6 is 0 Å². The minimum atomic E-state index is 0.962. The van der Waals surface area contributed by atoms with Gasteiger partial charge in [0.05, 0.1) is 0 Å². The zero-order valence-electron chi connectivity index (χ0n) is 10.2. The summed E-state index contributed by atoms with van der Waals surface area (Å²) in [6.07, 6.45) is 11.6. The Labute approximate surface area is 94.4 Å². The van der Waals surface area contributed by atoms with Gasteiger partial charge in [0.2, 0.25) is 0 Å². The van der Waals surface area contributed by atoms with Crippen LogP contribution in [0.2, 0.25) is 0 Å². The van der Waals surface area contributed by atoms with Gasteiger partial charge in [-0.1, -0.05) is 12.8 Å². The summed E-state index contributed by atoms with van der Waals surface area (Å²) >= 11 is 0. The molecule has 2 nitrogen and oxygen atoms in total. The smallest absolute Gasteiger partial charge is 0.00957 e. The molecule has 3 aliphatic heterocycles. The lowest BCUT2D eigenvalue weighted by molar-refractivity contribution is 0.179. The molecule has 2 bridgehead atoms. The van der Waals surface area contributed by atoms with E-state index in [4.69, 9.17) is 0 Å². The SMILES string of the molecule is C1CCNCC1.CN1[C@@H]2CCC[C@H]1CC2. The zero-order chi connectivity index (χ0) is 10.5. The second kappa shape index (κ2) is 5.86. The lowest BCUT2D eigenvalue weighted by Gasteiger charge is -2.30. The molecule has 0 unspecified atom stereocenters. The van der Waals surface area contributed by atoms with E-state index >= 15 is 0 Å². The van der Waals surface area contributed by atoms with Gasteiger partial charge in [-0.15, -0.1) is 0 Å². The number of piperidine rings is 2. The summed E-state index contributed by atoms with van der Waals surface area (Å²) < 4.78 is 0. The summed E-state index contributed by atoms with van der Waals surface area (Å²) in [7, 11) is 2.29. The maximum absolute atomic E-state index is 3.28. The van der Waals surface area contributed by atoms with E-state index < -0.39 is 0 Å². The molecule has 0 amide bonds. The van der Waals surface area contributed by atoms with Crippen LogP contribution in [0.4, 0.5) is 0 Å². The van der Waals surface area contributed by atoms with Crippen LogP contribution in [0.25, 0.3) is 0 Å².